The monoisotopic (exact) mass is 279 g/mol. The number of halogens is 2. The van der Waals surface area contributed by atoms with Crippen molar-refractivity contribution in [3.8, 4) is 0 Å². The Morgan fingerprint density at radius 2 is 1.84 bits per heavy atom. The second-order valence-electron chi connectivity index (χ2n) is 3.94. The van der Waals surface area contributed by atoms with E-state index in [1.54, 1.807) is 31.5 Å². The molecule has 0 radical (unpaired) electrons. The highest BCUT2D eigenvalue weighted by molar-refractivity contribution is 8.00. The third-order valence-corrected chi connectivity index (χ3v) is 3.65. The first-order valence-electron chi connectivity index (χ1n) is 5.64. The van der Waals surface area contributed by atoms with Crippen molar-refractivity contribution in [2.24, 2.45) is 0 Å². The fraction of sp³-hybridized carbons (Fsp3) is 0.143. The molecular weight excluding hydrogens is 268 g/mol. The van der Waals surface area contributed by atoms with Crippen LogP contribution in [0.2, 0.25) is 0 Å². The highest BCUT2D eigenvalue weighted by atomic mass is 32.2. The molecule has 0 N–H and O–H groups in total. The molecule has 0 bridgehead atoms. The fourth-order valence-electron chi connectivity index (χ4n) is 1.56. The Morgan fingerprint density at radius 1 is 1.16 bits per heavy atom. The van der Waals surface area contributed by atoms with Gasteiger partial charge in [-0.1, -0.05) is 0 Å². The Kier molecular flexibility index (Phi) is 4.27. The highest BCUT2D eigenvalue weighted by Crippen LogP contribution is 2.25. The molecule has 2 rings (SSSR count). The van der Waals surface area contributed by atoms with E-state index in [2.05, 4.69) is 4.98 Å². The summed E-state index contributed by atoms with van der Waals surface area (Å²) < 4.78 is 25.9. The molecule has 98 valence electrons. The summed E-state index contributed by atoms with van der Waals surface area (Å²) in [6.07, 6.45) is 3.27. The van der Waals surface area contributed by atoms with Gasteiger partial charge in [0.25, 0.3) is 0 Å². The molecular formula is C14H11F2NOS. The molecule has 0 fully saturated rings. The number of hydrogen-bond donors (Lipinski definition) is 0. The van der Waals surface area contributed by atoms with Gasteiger partial charge in [-0.3, -0.25) is 9.78 Å². The molecule has 2 aromatic rings. The summed E-state index contributed by atoms with van der Waals surface area (Å²) in [6.45, 7) is 1.73. The van der Waals surface area contributed by atoms with E-state index in [9.17, 15) is 13.6 Å². The molecule has 0 aliphatic rings. The number of nitrogens with zero attached hydrogens (tertiary/aromatic N) is 1. The van der Waals surface area contributed by atoms with E-state index >= 15 is 0 Å². The number of benzene rings is 1. The quantitative estimate of drug-likeness (QED) is 0.631. The van der Waals surface area contributed by atoms with Crippen molar-refractivity contribution in [3.63, 3.8) is 0 Å². The van der Waals surface area contributed by atoms with Crippen molar-refractivity contribution < 1.29 is 13.6 Å². The zero-order valence-corrected chi connectivity index (χ0v) is 11.0. The number of hydrogen-bond acceptors (Lipinski definition) is 3. The number of pyridine rings is 1. The maximum Gasteiger partial charge on any atom is 0.175 e. The van der Waals surface area contributed by atoms with Crippen LogP contribution in [0.25, 0.3) is 0 Å². The first-order chi connectivity index (χ1) is 9.08. The maximum atomic E-state index is 13.1. The van der Waals surface area contributed by atoms with E-state index in [0.717, 1.165) is 17.0 Å². The molecule has 1 aromatic heterocycles. The number of carbonyl (C=O) groups excluding carboxylic acids is 1. The van der Waals surface area contributed by atoms with Gasteiger partial charge in [0, 0.05) is 22.9 Å². The molecule has 0 aliphatic heterocycles. The van der Waals surface area contributed by atoms with Gasteiger partial charge in [-0.05, 0) is 37.3 Å². The molecule has 1 atom stereocenters. The molecule has 0 amide bonds. The van der Waals surface area contributed by atoms with Crippen LogP contribution in [0.15, 0.2) is 47.6 Å². The van der Waals surface area contributed by atoms with Gasteiger partial charge in [0.2, 0.25) is 0 Å². The lowest BCUT2D eigenvalue weighted by molar-refractivity contribution is 0.0993. The van der Waals surface area contributed by atoms with Gasteiger partial charge in [0.1, 0.15) is 0 Å². The minimum atomic E-state index is -1.01. The Hall–Kier alpha value is -1.75. The van der Waals surface area contributed by atoms with E-state index in [1.165, 1.54) is 17.8 Å². The van der Waals surface area contributed by atoms with Crippen LogP contribution in [-0.2, 0) is 0 Å². The van der Waals surface area contributed by atoms with Gasteiger partial charge >= 0.3 is 0 Å². The lowest BCUT2D eigenvalue weighted by atomic mass is 10.1. The Balaban J connectivity index is 2.12. The average molecular weight is 279 g/mol. The number of carbonyl (C=O) groups is 1. The average Bonchev–Trinajstić information content (AvgIpc) is 2.42. The summed E-state index contributed by atoms with van der Waals surface area (Å²) in [5.41, 5.74) is 0.174. The molecule has 0 saturated carbocycles. The van der Waals surface area contributed by atoms with Crippen LogP contribution in [0.1, 0.15) is 17.3 Å². The molecule has 2 nitrogen and oxygen atoms in total. The lowest BCUT2D eigenvalue weighted by Gasteiger charge is -2.10. The lowest BCUT2D eigenvalue weighted by Crippen LogP contribution is -2.13. The fourth-order valence-corrected chi connectivity index (χ4v) is 2.49. The largest absolute Gasteiger partial charge is 0.293 e. The Labute approximate surface area is 113 Å². The first-order valence-corrected chi connectivity index (χ1v) is 6.52. The summed E-state index contributed by atoms with van der Waals surface area (Å²) in [5, 5.41) is -0.382. The summed E-state index contributed by atoms with van der Waals surface area (Å²) in [7, 11) is 0. The van der Waals surface area contributed by atoms with Crippen LogP contribution in [-0.4, -0.2) is 16.0 Å². The zero-order valence-electron chi connectivity index (χ0n) is 10.1. The van der Waals surface area contributed by atoms with Crippen molar-refractivity contribution in [2.75, 3.05) is 0 Å². The van der Waals surface area contributed by atoms with Crippen LogP contribution >= 0.6 is 11.8 Å². The normalized spacial score (nSPS) is 12.2. The molecule has 0 aliphatic carbocycles. The summed E-state index contributed by atoms with van der Waals surface area (Å²) in [6, 6.07) is 6.78. The third-order valence-electron chi connectivity index (χ3n) is 2.54. The number of Topliss-reactive ketones (excluding diaryl/α,β-unsaturated/α-hetero) is 1. The summed E-state index contributed by atoms with van der Waals surface area (Å²) in [4.78, 5) is 16.9. The Bertz CT molecular complexity index is 589. The van der Waals surface area contributed by atoms with Gasteiger partial charge in [0.05, 0.1) is 5.25 Å². The molecule has 0 saturated heterocycles. The zero-order chi connectivity index (χ0) is 13.8. The van der Waals surface area contributed by atoms with E-state index in [0.29, 0.717) is 0 Å². The topological polar surface area (TPSA) is 30.0 Å². The maximum absolute atomic E-state index is 13.1. The molecule has 1 heterocycles. The molecule has 19 heavy (non-hydrogen) atoms. The van der Waals surface area contributed by atoms with Crippen LogP contribution < -0.4 is 0 Å². The van der Waals surface area contributed by atoms with Crippen molar-refractivity contribution in [2.45, 2.75) is 17.1 Å². The van der Waals surface area contributed by atoms with Crippen LogP contribution in [0.4, 0.5) is 8.78 Å². The van der Waals surface area contributed by atoms with Gasteiger partial charge < -0.3 is 0 Å². The smallest absolute Gasteiger partial charge is 0.175 e. The van der Waals surface area contributed by atoms with Crippen molar-refractivity contribution in [1.29, 1.82) is 0 Å². The Morgan fingerprint density at radius 3 is 2.47 bits per heavy atom. The van der Waals surface area contributed by atoms with E-state index in [1.807, 2.05) is 0 Å². The predicted molar refractivity (Wildman–Crippen MR) is 70.2 cm³/mol. The highest BCUT2D eigenvalue weighted by Gasteiger charge is 2.17. The number of thioether (sulfide) groups is 1. The predicted octanol–water partition coefficient (Wildman–Crippen LogP) is 3.72. The van der Waals surface area contributed by atoms with Crippen LogP contribution in [0, 0.1) is 11.6 Å². The van der Waals surface area contributed by atoms with Crippen LogP contribution in [0.5, 0.6) is 0 Å². The molecule has 1 unspecified atom stereocenters. The number of aromatic nitrogens is 1. The molecule has 1 aromatic carbocycles. The van der Waals surface area contributed by atoms with E-state index in [4.69, 9.17) is 0 Å². The van der Waals surface area contributed by atoms with Gasteiger partial charge in [-0.15, -0.1) is 11.8 Å². The van der Waals surface area contributed by atoms with E-state index in [-0.39, 0.29) is 16.6 Å². The summed E-state index contributed by atoms with van der Waals surface area (Å²) >= 11 is 1.35. The third kappa shape index (κ3) is 3.38. The van der Waals surface area contributed by atoms with Gasteiger partial charge in [0.15, 0.2) is 17.4 Å². The molecule has 5 heteroatoms. The van der Waals surface area contributed by atoms with Crippen molar-refractivity contribution in [1.82, 2.24) is 4.98 Å². The molecule has 0 spiro atoms. The minimum Gasteiger partial charge on any atom is -0.293 e. The standard InChI is InChI=1S/C14H11F2NOS/c1-9(19-11-4-6-17-7-5-11)14(18)10-2-3-12(15)13(16)8-10/h2-9H,1H3. The van der Waals surface area contributed by atoms with Crippen molar-refractivity contribution >= 4 is 17.5 Å². The second kappa shape index (κ2) is 5.93. The van der Waals surface area contributed by atoms with Crippen molar-refractivity contribution in [3.05, 3.63) is 59.9 Å². The number of ketones is 1. The second-order valence-corrected chi connectivity index (χ2v) is 5.35. The first kappa shape index (κ1) is 13.7. The van der Waals surface area contributed by atoms with Gasteiger partial charge in [-0.2, -0.15) is 0 Å². The van der Waals surface area contributed by atoms with Gasteiger partial charge in [-0.25, -0.2) is 8.78 Å². The summed E-state index contributed by atoms with van der Waals surface area (Å²) in [5.74, 6) is -2.20. The number of rotatable bonds is 4. The minimum absolute atomic E-state index is 0.174. The van der Waals surface area contributed by atoms with Crippen LogP contribution in [0.3, 0.4) is 0 Å². The SMILES string of the molecule is CC(Sc1ccncc1)C(=O)c1ccc(F)c(F)c1. The van der Waals surface area contributed by atoms with E-state index < -0.39 is 11.6 Å².